The second kappa shape index (κ2) is 6.43. The van der Waals surface area contributed by atoms with Crippen molar-refractivity contribution in [3.8, 4) is 0 Å². The number of carboxylic acid groups (broad SMARTS) is 1. The van der Waals surface area contributed by atoms with E-state index in [4.69, 9.17) is 5.11 Å². The SMILES string of the molecule is CC(C)CC(NC(=O)N1CCN(C2CC2)CC1)C(=O)O. The molecule has 1 aliphatic carbocycles. The minimum Gasteiger partial charge on any atom is -0.480 e. The molecule has 2 fully saturated rings. The van der Waals surface area contributed by atoms with Gasteiger partial charge < -0.3 is 15.3 Å². The number of carboxylic acids is 1. The summed E-state index contributed by atoms with van der Waals surface area (Å²) in [5.41, 5.74) is 0. The molecule has 0 aromatic rings. The average Bonchev–Trinajstić information content (AvgIpc) is 3.21. The average molecular weight is 283 g/mol. The van der Waals surface area contributed by atoms with Crippen molar-refractivity contribution in [3.05, 3.63) is 0 Å². The fourth-order valence-corrected chi connectivity index (χ4v) is 2.66. The molecule has 6 heteroatoms. The molecule has 2 amide bonds. The molecule has 1 heterocycles. The summed E-state index contributed by atoms with van der Waals surface area (Å²) in [7, 11) is 0. The van der Waals surface area contributed by atoms with E-state index in [2.05, 4.69) is 10.2 Å². The van der Waals surface area contributed by atoms with Gasteiger partial charge >= 0.3 is 12.0 Å². The van der Waals surface area contributed by atoms with Crippen molar-refractivity contribution in [2.24, 2.45) is 5.92 Å². The van der Waals surface area contributed by atoms with Gasteiger partial charge in [-0.15, -0.1) is 0 Å². The Hall–Kier alpha value is -1.30. The fourth-order valence-electron chi connectivity index (χ4n) is 2.66. The number of nitrogens with zero attached hydrogens (tertiary/aromatic N) is 2. The minimum atomic E-state index is -0.955. The Morgan fingerprint density at radius 3 is 2.25 bits per heavy atom. The van der Waals surface area contributed by atoms with Crippen LogP contribution >= 0.6 is 0 Å². The van der Waals surface area contributed by atoms with Crippen LogP contribution in [0, 0.1) is 5.92 Å². The number of hydrogen-bond donors (Lipinski definition) is 2. The molecule has 0 aromatic carbocycles. The molecule has 0 bridgehead atoms. The van der Waals surface area contributed by atoms with Crippen molar-refractivity contribution in [1.82, 2.24) is 15.1 Å². The summed E-state index contributed by atoms with van der Waals surface area (Å²) in [6.07, 6.45) is 3.02. The predicted octanol–water partition coefficient (Wildman–Crippen LogP) is 0.975. The number of urea groups is 1. The largest absolute Gasteiger partial charge is 0.480 e. The third-order valence-corrected chi connectivity index (χ3v) is 3.97. The Labute approximate surface area is 120 Å². The van der Waals surface area contributed by atoms with Gasteiger partial charge in [-0.1, -0.05) is 13.8 Å². The van der Waals surface area contributed by atoms with Gasteiger partial charge in [-0.2, -0.15) is 0 Å². The zero-order chi connectivity index (χ0) is 14.7. The third kappa shape index (κ3) is 4.10. The van der Waals surface area contributed by atoms with Crippen molar-refractivity contribution in [2.75, 3.05) is 26.2 Å². The molecule has 20 heavy (non-hydrogen) atoms. The van der Waals surface area contributed by atoms with Crippen LogP contribution in [-0.2, 0) is 4.79 Å². The molecule has 0 radical (unpaired) electrons. The standard InChI is InChI=1S/C14H25N3O3/c1-10(2)9-12(13(18)19)15-14(20)17-7-5-16(6-8-17)11-3-4-11/h10-12H,3-9H2,1-2H3,(H,15,20)(H,18,19). The first-order valence-electron chi connectivity index (χ1n) is 7.49. The molecule has 6 nitrogen and oxygen atoms in total. The number of hydrogen-bond acceptors (Lipinski definition) is 3. The van der Waals surface area contributed by atoms with Gasteiger partial charge in [0.15, 0.2) is 0 Å². The second-order valence-corrected chi connectivity index (χ2v) is 6.22. The Balaban J connectivity index is 1.79. The lowest BCUT2D eigenvalue weighted by Crippen LogP contribution is -2.55. The molecule has 1 unspecified atom stereocenters. The van der Waals surface area contributed by atoms with Gasteiger partial charge in [0.1, 0.15) is 6.04 Å². The van der Waals surface area contributed by atoms with E-state index in [1.165, 1.54) is 12.8 Å². The van der Waals surface area contributed by atoms with Crippen LogP contribution in [0.25, 0.3) is 0 Å². The molecule has 1 aliphatic heterocycles. The summed E-state index contributed by atoms with van der Waals surface area (Å²) in [6, 6.07) is -0.301. The monoisotopic (exact) mass is 283 g/mol. The van der Waals surface area contributed by atoms with Crippen LogP contribution in [0.2, 0.25) is 0 Å². The van der Waals surface area contributed by atoms with E-state index in [0.717, 1.165) is 19.1 Å². The van der Waals surface area contributed by atoms with Gasteiger partial charge in [-0.05, 0) is 25.2 Å². The van der Waals surface area contributed by atoms with Crippen molar-refractivity contribution < 1.29 is 14.7 Å². The van der Waals surface area contributed by atoms with Gasteiger partial charge in [0.2, 0.25) is 0 Å². The Morgan fingerprint density at radius 2 is 1.80 bits per heavy atom. The first-order valence-corrected chi connectivity index (χ1v) is 7.49. The topological polar surface area (TPSA) is 72.9 Å². The summed E-state index contributed by atoms with van der Waals surface area (Å²) < 4.78 is 0. The molecule has 0 spiro atoms. The summed E-state index contributed by atoms with van der Waals surface area (Å²) in [4.78, 5) is 27.4. The molecule has 1 saturated carbocycles. The van der Waals surface area contributed by atoms with Crippen LogP contribution < -0.4 is 5.32 Å². The van der Waals surface area contributed by atoms with E-state index < -0.39 is 12.0 Å². The van der Waals surface area contributed by atoms with Crippen LogP contribution in [0.5, 0.6) is 0 Å². The molecular weight excluding hydrogens is 258 g/mol. The van der Waals surface area contributed by atoms with E-state index in [1.807, 2.05) is 13.8 Å². The lowest BCUT2D eigenvalue weighted by atomic mass is 10.0. The lowest BCUT2D eigenvalue weighted by molar-refractivity contribution is -0.139. The smallest absolute Gasteiger partial charge is 0.326 e. The second-order valence-electron chi connectivity index (χ2n) is 6.22. The third-order valence-electron chi connectivity index (χ3n) is 3.97. The Morgan fingerprint density at radius 1 is 1.20 bits per heavy atom. The fraction of sp³-hybridized carbons (Fsp3) is 0.857. The Bertz CT molecular complexity index is 361. The normalized spacial score (nSPS) is 21.9. The molecule has 2 rings (SSSR count). The number of amides is 2. The van der Waals surface area contributed by atoms with Crippen molar-refractivity contribution in [2.45, 2.75) is 45.2 Å². The maximum absolute atomic E-state index is 12.1. The van der Waals surface area contributed by atoms with Crippen LogP contribution in [0.4, 0.5) is 4.79 Å². The molecule has 1 saturated heterocycles. The van der Waals surface area contributed by atoms with Crippen molar-refractivity contribution >= 4 is 12.0 Å². The van der Waals surface area contributed by atoms with Crippen molar-refractivity contribution in [1.29, 1.82) is 0 Å². The van der Waals surface area contributed by atoms with Crippen molar-refractivity contribution in [3.63, 3.8) is 0 Å². The molecule has 1 atom stereocenters. The molecule has 0 aromatic heterocycles. The number of piperazine rings is 1. The summed E-state index contributed by atoms with van der Waals surface area (Å²) >= 11 is 0. The van der Waals surface area contributed by atoms with E-state index in [0.29, 0.717) is 19.5 Å². The van der Waals surface area contributed by atoms with E-state index >= 15 is 0 Å². The van der Waals surface area contributed by atoms with Crippen LogP contribution in [0.15, 0.2) is 0 Å². The number of aliphatic carboxylic acids is 1. The highest BCUT2D eigenvalue weighted by molar-refractivity contribution is 5.82. The van der Waals surface area contributed by atoms with Gasteiger partial charge in [0.25, 0.3) is 0 Å². The highest BCUT2D eigenvalue weighted by atomic mass is 16.4. The molecule has 114 valence electrons. The zero-order valence-corrected chi connectivity index (χ0v) is 12.3. The first-order chi connectivity index (χ1) is 9.47. The molecule has 2 aliphatic rings. The summed E-state index contributed by atoms with van der Waals surface area (Å²) in [5, 5.41) is 11.8. The Kier molecular flexibility index (Phi) is 4.86. The van der Waals surface area contributed by atoms with E-state index in [-0.39, 0.29) is 11.9 Å². The van der Waals surface area contributed by atoms with E-state index in [1.54, 1.807) is 4.90 Å². The first kappa shape index (κ1) is 15.1. The van der Waals surface area contributed by atoms with Crippen LogP contribution in [-0.4, -0.2) is 65.2 Å². The maximum Gasteiger partial charge on any atom is 0.326 e. The highest BCUT2D eigenvalue weighted by Crippen LogP contribution is 2.27. The molecule has 2 N–H and O–H groups in total. The number of carbonyl (C=O) groups is 2. The van der Waals surface area contributed by atoms with E-state index in [9.17, 15) is 9.59 Å². The lowest BCUT2D eigenvalue weighted by Gasteiger charge is -2.35. The van der Waals surface area contributed by atoms with Gasteiger partial charge in [-0.25, -0.2) is 9.59 Å². The quantitative estimate of drug-likeness (QED) is 0.789. The minimum absolute atomic E-state index is 0.239. The zero-order valence-electron chi connectivity index (χ0n) is 12.3. The maximum atomic E-state index is 12.1. The van der Waals surface area contributed by atoms with Gasteiger partial charge in [-0.3, -0.25) is 4.90 Å². The van der Waals surface area contributed by atoms with Gasteiger partial charge in [0, 0.05) is 32.2 Å². The summed E-state index contributed by atoms with van der Waals surface area (Å²) in [5.74, 6) is -0.716. The summed E-state index contributed by atoms with van der Waals surface area (Å²) in [6.45, 7) is 7.10. The highest BCUT2D eigenvalue weighted by Gasteiger charge is 2.33. The molecular formula is C14H25N3O3. The number of rotatable bonds is 5. The number of carbonyl (C=O) groups excluding carboxylic acids is 1. The number of nitrogens with one attached hydrogen (secondary N) is 1. The predicted molar refractivity (Wildman–Crippen MR) is 75.6 cm³/mol. The van der Waals surface area contributed by atoms with Gasteiger partial charge in [0.05, 0.1) is 0 Å². The van der Waals surface area contributed by atoms with Crippen LogP contribution in [0.3, 0.4) is 0 Å². The van der Waals surface area contributed by atoms with Crippen LogP contribution in [0.1, 0.15) is 33.1 Å².